The number of anilines is 1. The highest BCUT2D eigenvalue weighted by Crippen LogP contribution is 2.59. The molecule has 0 aromatic heterocycles. The SMILES string of the molecule is C=CCN(Cc1ccccc1)C(=O)[C@@H]1[C@H]2C(=O)N(CCCCCO)C(C(=O)N(CC=C)c3c(C)cccc3C)C23CC[C@H]1O3. The number of amides is 3. The first-order valence-corrected chi connectivity index (χ1v) is 15.8. The summed E-state index contributed by atoms with van der Waals surface area (Å²) in [7, 11) is 0. The quantitative estimate of drug-likeness (QED) is 0.254. The molecule has 2 unspecified atom stereocenters. The topological polar surface area (TPSA) is 90.4 Å². The molecule has 3 aliphatic heterocycles. The second-order valence-corrected chi connectivity index (χ2v) is 12.3. The summed E-state index contributed by atoms with van der Waals surface area (Å²) in [6.07, 6.45) is 6.12. The molecule has 1 N–H and O–H groups in total. The molecule has 234 valence electrons. The fourth-order valence-corrected chi connectivity index (χ4v) is 7.73. The minimum Gasteiger partial charge on any atom is -0.396 e. The zero-order valence-electron chi connectivity index (χ0n) is 26.0. The van der Waals surface area contributed by atoms with Gasteiger partial charge in [0.05, 0.1) is 17.9 Å². The van der Waals surface area contributed by atoms with Gasteiger partial charge in [0.25, 0.3) is 5.91 Å². The number of rotatable bonds is 14. The number of unbranched alkanes of at least 4 members (excludes halogenated alkanes) is 2. The van der Waals surface area contributed by atoms with Gasteiger partial charge >= 0.3 is 0 Å². The number of nitrogens with zero attached hydrogens (tertiary/aromatic N) is 3. The third-order valence-electron chi connectivity index (χ3n) is 9.54. The molecule has 5 atom stereocenters. The second kappa shape index (κ2) is 13.5. The van der Waals surface area contributed by atoms with Crippen molar-refractivity contribution in [1.82, 2.24) is 9.80 Å². The van der Waals surface area contributed by atoms with Crippen molar-refractivity contribution in [1.29, 1.82) is 0 Å². The Hall–Kier alpha value is -3.75. The van der Waals surface area contributed by atoms with Gasteiger partial charge < -0.3 is 24.5 Å². The smallest absolute Gasteiger partial charge is 0.253 e. The number of likely N-dealkylation sites (tertiary alicyclic amines) is 1. The molecular weight excluding hydrogens is 554 g/mol. The van der Waals surface area contributed by atoms with Gasteiger partial charge in [-0.3, -0.25) is 14.4 Å². The Kier molecular flexibility index (Phi) is 9.71. The van der Waals surface area contributed by atoms with Crippen LogP contribution in [0, 0.1) is 25.7 Å². The Labute approximate surface area is 261 Å². The van der Waals surface area contributed by atoms with Crippen LogP contribution in [0.1, 0.15) is 48.8 Å². The number of ether oxygens (including phenoxy) is 1. The van der Waals surface area contributed by atoms with E-state index < -0.39 is 29.6 Å². The fraction of sp³-hybridized carbons (Fsp3) is 0.472. The molecule has 8 heteroatoms. The van der Waals surface area contributed by atoms with E-state index in [1.807, 2.05) is 62.4 Å². The van der Waals surface area contributed by atoms with Crippen LogP contribution in [0.2, 0.25) is 0 Å². The van der Waals surface area contributed by atoms with Crippen LogP contribution in [0.5, 0.6) is 0 Å². The van der Waals surface area contributed by atoms with Crippen LogP contribution in [0.25, 0.3) is 0 Å². The number of hydrogen-bond acceptors (Lipinski definition) is 5. The van der Waals surface area contributed by atoms with Gasteiger partial charge in [0.15, 0.2) is 0 Å². The highest BCUT2D eigenvalue weighted by atomic mass is 16.5. The Morgan fingerprint density at radius 2 is 1.70 bits per heavy atom. The van der Waals surface area contributed by atoms with E-state index in [0.29, 0.717) is 45.3 Å². The third kappa shape index (κ3) is 5.61. The molecule has 2 aromatic carbocycles. The number of aliphatic hydroxyl groups excluding tert-OH is 1. The number of benzene rings is 2. The molecule has 3 amide bonds. The second-order valence-electron chi connectivity index (χ2n) is 12.3. The molecule has 2 aromatic rings. The van der Waals surface area contributed by atoms with Crippen molar-refractivity contribution >= 4 is 23.4 Å². The molecule has 3 fully saturated rings. The molecule has 3 saturated heterocycles. The Morgan fingerprint density at radius 3 is 2.36 bits per heavy atom. The lowest BCUT2D eigenvalue weighted by molar-refractivity contribution is -0.145. The number of carbonyl (C=O) groups excluding carboxylic acids is 3. The summed E-state index contributed by atoms with van der Waals surface area (Å²) in [5, 5.41) is 9.35. The highest BCUT2D eigenvalue weighted by molar-refractivity contribution is 6.05. The number of aliphatic hydroxyl groups is 1. The van der Waals surface area contributed by atoms with Gasteiger partial charge in [0, 0.05) is 38.5 Å². The maximum Gasteiger partial charge on any atom is 0.253 e. The predicted octanol–water partition coefficient (Wildman–Crippen LogP) is 4.57. The highest BCUT2D eigenvalue weighted by Gasteiger charge is 2.74. The van der Waals surface area contributed by atoms with E-state index in [1.54, 1.807) is 26.9 Å². The van der Waals surface area contributed by atoms with Crippen molar-refractivity contribution in [2.75, 3.05) is 31.1 Å². The number of fused-ring (bicyclic) bond motifs is 1. The van der Waals surface area contributed by atoms with Crippen molar-refractivity contribution in [2.24, 2.45) is 11.8 Å². The van der Waals surface area contributed by atoms with Crippen LogP contribution in [0.3, 0.4) is 0 Å². The van der Waals surface area contributed by atoms with Crippen molar-refractivity contribution < 1.29 is 24.2 Å². The monoisotopic (exact) mass is 599 g/mol. The van der Waals surface area contributed by atoms with E-state index in [0.717, 1.165) is 28.8 Å². The van der Waals surface area contributed by atoms with Crippen LogP contribution < -0.4 is 4.90 Å². The Bertz CT molecular complexity index is 1370. The number of hydrogen-bond donors (Lipinski definition) is 1. The molecule has 3 aliphatic rings. The van der Waals surface area contributed by atoms with E-state index in [1.165, 1.54) is 0 Å². The third-order valence-corrected chi connectivity index (χ3v) is 9.54. The zero-order valence-corrected chi connectivity index (χ0v) is 26.0. The molecule has 3 heterocycles. The van der Waals surface area contributed by atoms with Crippen LogP contribution in [-0.4, -0.2) is 76.6 Å². The van der Waals surface area contributed by atoms with Gasteiger partial charge in [-0.2, -0.15) is 0 Å². The molecule has 2 bridgehead atoms. The van der Waals surface area contributed by atoms with Gasteiger partial charge in [-0.25, -0.2) is 0 Å². The fourth-order valence-electron chi connectivity index (χ4n) is 7.73. The average molecular weight is 600 g/mol. The molecule has 44 heavy (non-hydrogen) atoms. The first-order chi connectivity index (χ1) is 21.3. The summed E-state index contributed by atoms with van der Waals surface area (Å²) in [6, 6.07) is 14.8. The minimum atomic E-state index is -1.08. The number of aryl methyl sites for hydroxylation is 2. The maximum atomic E-state index is 14.8. The van der Waals surface area contributed by atoms with Crippen LogP contribution >= 0.6 is 0 Å². The van der Waals surface area contributed by atoms with E-state index in [4.69, 9.17) is 4.74 Å². The first-order valence-electron chi connectivity index (χ1n) is 15.8. The molecule has 8 nitrogen and oxygen atoms in total. The standard InChI is InChI=1S/C36H45N3O5/c1-5-20-37(24-27-16-9-7-10-17-27)33(41)29-28-18-19-36(44-28)30(29)34(42)39(22-11-8-12-23-40)32(36)35(43)38(21-6-2)31-25(3)14-13-15-26(31)4/h5-7,9-10,13-17,28-30,32,40H,1-2,8,11-12,18-24H2,3-4H3/t28-,29+,30+,32?,36?/m1/s1. The lowest BCUT2D eigenvalue weighted by Crippen LogP contribution is -2.57. The van der Waals surface area contributed by atoms with Crippen LogP contribution in [-0.2, 0) is 25.7 Å². The maximum absolute atomic E-state index is 14.8. The summed E-state index contributed by atoms with van der Waals surface area (Å²) in [5.74, 6) is -1.95. The van der Waals surface area contributed by atoms with Gasteiger partial charge in [-0.1, -0.05) is 60.7 Å². The van der Waals surface area contributed by atoms with Gasteiger partial charge in [0.2, 0.25) is 11.8 Å². The normalized spacial score (nSPS) is 25.2. The summed E-state index contributed by atoms with van der Waals surface area (Å²) in [6.45, 7) is 13.2. The largest absolute Gasteiger partial charge is 0.396 e. The minimum absolute atomic E-state index is 0.0739. The van der Waals surface area contributed by atoms with Gasteiger partial charge in [-0.05, 0) is 62.6 Å². The molecule has 5 rings (SSSR count). The molecular formula is C36H45N3O5. The van der Waals surface area contributed by atoms with Crippen molar-refractivity contribution in [3.8, 4) is 0 Å². The summed E-state index contributed by atoms with van der Waals surface area (Å²) < 4.78 is 6.73. The van der Waals surface area contributed by atoms with Crippen LogP contribution in [0.4, 0.5) is 5.69 Å². The Balaban J connectivity index is 1.53. The summed E-state index contributed by atoms with van der Waals surface area (Å²) in [5.41, 5.74) is 2.63. The summed E-state index contributed by atoms with van der Waals surface area (Å²) in [4.78, 5) is 48.8. The number of carbonyl (C=O) groups is 3. The van der Waals surface area contributed by atoms with E-state index in [-0.39, 0.29) is 30.9 Å². The van der Waals surface area contributed by atoms with E-state index in [2.05, 4.69) is 13.2 Å². The summed E-state index contributed by atoms with van der Waals surface area (Å²) >= 11 is 0. The van der Waals surface area contributed by atoms with Crippen molar-refractivity contribution in [2.45, 2.75) is 70.2 Å². The lowest BCUT2D eigenvalue weighted by Gasteiger charge is -2.37. The molecule has 0 aliphatic carbocycles. The molecule has 0 saturated carbocycles. The van der Waals surface area contributed by atoms with E-state index in [9.17, 15) is 19.5 Å². The van der Waals surface area contributed by atoms with Gasteiger partial charge in [0.1, 0.15) is 11.6 Å². The van der Waals surface area contributed by atoms with Gasteiger partial charge in [-0.15, -0.1) is 13.2 Å². The molecule has 1 spiro atoms. The van der Waals surface area contributed by atoms with E-state index >= 15 is 0 Å². The van der Waals surface area contributed by atoms with Crippen molar-refractivity contribution in [3.63, 3.8) is 0 Å². The Morgan fingerprint density at radius 1 is 1.00 bits per heavy atom. The first kappa shape index (κ1) is 31.7. The number of para-hydroxylation sites is 1. The lowest BCUT2D eigenvalue weighted by atomic mass is 9.70. The zero-order chi connectivity index (χ0) is 31.4. The molecule has 0 radical (unpaired) electrons. The predicted molar refractivity (Wildman–Crippen MR) is 171 cm³/mol. The average Bonchev–Trinajstić information content (AvgIpc) is 3.66. The van der Waals surface area contributed by atoms with Crippen molar-refractivity contribution in [3.05, 3.63) is 90.5 Å². The van der Waals surface area contributed by atoms with Crippen LogP contribution in [0.15, 0.2) is 73.8 Å².